The lowest BCUT2D eigenvalue weighted by atomic mass is 10.2. The molecule has 12 heteroatoms. The average Bonchev–Trinajstić information content (AvgIpc) is 2.64. The van der Waals surface area contributed by atoms with Crippen molar-refractivity contribution in [2.24, 2.45) is 0 Å². The van der Waals surface area contributed by atoms with Crippen molar-refractivity contribution in [3.8, 4) is 11.5 Å². The molecule has 2 N–H and O–H groups in total. The molecule has 4 heterocycles. The van der Waals surface area contributed by atoms with Crippen LogP contribution in [0.3, 0.4) is 0 Å². The Morgan fingerprint density at radius 3 is 2.48 bits per heavy atom. The van der Waals surface area contributed by atoms with E-state index in [4.69, 9.17) is 4.74 Å². The Morgan fingerprint density at radius 2 is 1.79 bits per heavy atom. The van der Waals surface area contributed by atoms with Crippen LogP contribution in [0.1, 0.15) is 5.69 Å². The average molecular weight is 407 g/mol. The Balaban J connectivity index is 1.71. The van der Waals surface area contributed by atoms with Gasteiger partial charge in [0.1, 0.15) is 11.4 Å². The number of hydrogen-bond donors (Lipinski definition) is 2. The van der Waals surface area contributed by atoms with Crippen molar-refractivity contribution in [2.45, 2.75) is 12.2 Å². The number of anilines is 3. The molecule has 0 amide bonds. The predicted octanol–water partition coefficient (Wildman–Crippen LogP) is 3.04. The van der Waals surface area contributed by atoms with Crippen LogP contribution in [0.15, 0.2) is 36.5 Å². The smallest absolute Gasteiger partial charge is 0.377 e. The van der Waals surface area contributed by atoms with Crippen LogP contribution in [-0.4, -0.2) is 44.2 Å². The van der Waals surface area contributed by atoms with Gasteiger partial charge in [0.25, 0.3) is 0 Å². The van der Waals surface area contributed by atoms with Gasteiger partial charge in [0.15, 0.2) is 5.82 Å². The van der Waals surface area contributed by atoms with Crippen LogP contribution in [-0.2, 0) is 10.9 Å². The molecule has 150 valence electrons. The molecule has 0 atom stereocenters. The van der Waals surface area contributed by atoms with E-state index in [1.165, 1.54) is 24.4 Å². The molecular weight excluding hydrogens is 394 g/mol. The summed E-state index contributed by atoms with van der Waals surface area (Å²) in [7, 11) is 0. The van der Waals surface area contributed by atoms with Crippen molar-refractivity contribution in [3.05, 3.63) is 48.2 Å². The Hall–Kier alpha value is -3.41. The van der Waals surface area contributed by atoms with E-state index in [9.17, 15) is 17.6 Å². The molecule has 0 saturated carbocycles. The number of halogens is 4. The molecule has 1 aliphatic heterocycles. The summed E-state index contributed by atoms with van der Waals surface area (Å²) in [6.07, 6.45) is -3.36. The van der Waals surface area contributed by atoms with Crippen molar-refractivity contribution < 1.29 is 22.3 Å². The van der Waals surface area contributed by atoms with Crippen LogP contribution in [0.25, 0.3) is 11.5 Å². The van der Waals surface area contributed by atoms with E-state index in [1.54, 1.807) is 0 Å². The van der Waals surface area contributed by atoms with Crippen molar-refractivity contribution in [2.75, 3.05) is 23.8 Å². The highest BCUT2D eigenvalue weighted by Gasteiger charge is 2.32. The first-order chi connectivity index (χ1) is 13.9. The number of nitrogens with zero attached hydrogens (tertiary/aromatic N) is 5. The van der Waals surface area contributed by atoms with Gasteiger partial charge in [0.05, 0.1) is 19.3 Å². The molecule has 0 unspecified atom stereocenters. The summed E-state index contributed by atoms with van der Waals surface area (Å²) in [6, 6.07) is 6.00. The highest BCUT2D eigenvalue weighted by Crippen LogP contribution is 2.29. The third-order valence-electron chi connectivity index (χ3n) is 3.86. The fourth-order valence-corrected chi connectivity index (χ4v) is 2.44. The topological polar surface area (TPSA) is 97.7 Å². The Morgan fingerprint density at radius 1 is 1.00 bits per heavy atom. The normalized spacial score (nSPS) is 14.3. The molecule has 29 heavy (non-hydrogen) atoms. The minimum atomic E-state index is -4.61. The second-order valence-corrected chi connectivity index (χ2v) is 6.08. The van der Waals surface area contributed by atoms with Crippen molar-refractivity contribution in [1.82, 2.24) is 24.9 Å². The molecule has 1 saturated heterocycles. The minimum Gasteiger partial charge on any atom is -0.377 e. The van der Waals surface area contributed by atoms with Gasteiger partial charge in [0.2, 0.25) is 17.8 Å². The lowest BCUT2D eigenvalue weighted by Gasteiger charge is -2.26. The Kier molecular flexibility index (Phi) is 4.92. The number of aromatic nitrogens is 5. The van der Waals surface area contributed by atoms with Crippen LogP contribution >= 0.6 is 0 Å². The summed E-state index contributed by atoms with van der Waals surface area (Å²) in [5, 5.41) is 5.79. The van der Waals surface area contributed by atoms with E-state index in [0.29, 0.717) is 18.9 Å². The van der Waals surface area contributed by atoms with Gasteiger partial charge in [-0.15, -0.1) is 0 Å². The molecule has 8 nitrogen and oxygen atoms in total. The van der Waals surface area contributed by atoms with Crippen LogP contribution in [0.4, 0.5) is 35.1 Å². The van der Waals surface area contributed by atoms with Gasteiger partial charge in [0, 0.05) is 18.0 Å². The quantitative estimate of drug-likeness (QED) is 0.492. The Labute approximate surface area is 161 Å². The summed E-state index contributed by atoms with van der Waals surface area (Å²) >= 11 is 0. The highest BCUT2D eigenvalue weighted by molar-refractivity contribution is 5.58. The van der Waals surface area contributed by atoms with E-state index < -0.39 is 17.8 Å². The summed E-state index contributed by atoms with van der Waals surface area (Å²) < 4.78 is 57.4. The predicted molar refractivity (Wildman–Crippen MR) is 93.8 cm³/mol. The maximum Gasteiger partial charge on any atom is 0.433 e. The number of pyridine rings is 2. The SMILES string of the molecule is Fc1cc(Nc2nc(NC3COC3)nc(-c3cccc(C(F)(F)F)n3)n2)ccn1. The monoisotopic (exact) mass is 407 g/mol. The first-order valence-corrected chi connectivity index (χ1v) is 8.40. The lowest BCUT2D eigenvalue weighted by Crippen LogP contribution is -2.40. The van der Waals surface area contributed by atoms with E-state index in [-0.39, 0.29) is 29.5 Å². The zero-order valence-electron chi connectivity index (χ0n) is 14.6. The zero-order chi connectivity index (χ0) is 20.4. The molecule has 0 radical (unpaired) electrons. The van der Waals surface area contributed by atoms with E-state index in [2.05, 4.69) is 35.6 Å². The maximum atomic E-state index is 13.3. The van der Waals surface area contributed by atoms with Gasteiger partial charge in [-0.25, -0.2) is 9.97 Å². The molecule has 4 rings (SSSR count). The third-order valence-corrected chi connectivity index (χ3v) is 3.86. The fourth-order valence-electron chi connectivity index (χ4n) is 2.44. The Bertz CT molecular complexity index is 1030. The van der Waals surface area contributed by atoms with Gasteiger partial charge in [-0.3, -0.25) is 0 Å². The number of nitrogens with one attached hydrogen (secondary N) is 2. The maximum absolute atomic E-state index is 13.3. The molecule has 0 bridgehead atoms. The number of alkyl halides is 3. The van der Waals surface area contributed by atoms with Crippen LogP contribution < -0.4 is 10.6 Å². The molecule has 3 aromatic rings. The number of rotatable bonds is 5. The summed E-state index contributed by atoms with van der Waals surface area (Å²) in [6.45, 7) is 0.891. The molecule has 0 aromatic carbocycles. The summed E-state index contributed by atoms with van der Waals surface area (Å²) in [5.41, 5.74) is -0.841. The fraction of sp³-hybridized carbons (Fsp3) is 0.235. The first-order valence-electron chi connectivity index (χ1n) is 8.40. The molecule has 0 aliphatic carbocycles. The summed E-state index contributed by atoms with van der Waals surface area (Å²) in [4.78, 5) is 19.5. The number of ether oxygens (including phenoxy) is 1. The van der Waals surface area contributed by atoms with Gasteiger partial charge < -0.3 is 15.4 Å². The van der Waals surface area contributed by atoms with Gasteiger partial charge in [-0.2, -0.15) is 32.5 Å². The third kappa shape index (κ3) is 4.54. The highest BCUT2D eigenvalue weighted by atomic mass is 19.4. The van der Waals surface area contributed by atoms with E-state index in [0.717, 1.165) is 12.1 Å². The van der Waals surface area contributed by atoms with Crippen LogP contribution in [0.2, 0.25) is 0 Å². The molecule has 1 fully saturated rings. The molecule has 3 aromatic heterocycles. The van der Waals surface area contributed by atoms with Crippen molar-refractivity contribution >= 4 is 17.6 Å². The first kappa shape index (κ1) is 18.9. The molecule has 1 aliphatic rings. The van der Waals surface area contributed by atoms with Crippen molar-refractivity contribution in [1.29, 1.82) is 0 Å². The van der Waals surface area contributed by atoms with E-state index >= 15 is 0 Å². The largest absolute Gasteiger partial charge is 0.433 e. The van der Waals surface area contributed by atoms with Gasteiger partial charge in [-0.1, -0.05) is 6.07 Å². The zero-order valence-corrected chi connectivity index (χ0v) is 14.6. The molecular formula is C17H13F4N7O. The van der Waals surface area contributed by atoms with Crippen molar-refractivity contribution in [3.63, 3.8) is 0 Å². The van der Waals surface area contributed by atoms with Crippen LogP contribution in [0.5, 0.6) is 0 Å². The second kappa shape index (κ2) is 7.54. The van der Waals surface area contributed by atoms with Crippen LogP contribution in [0, 0.1) is 5.95 Å². The molecule has 0 spiro atoms. The standard InChI is InChI=1S/C17H13F4N7O/c18-13-6-9(4-5-22-13)23-15-26-14(27-16(28-15)24-10-7-29-8-10)11-2-1-3-12(25-11)17(19,20)21/h1-6,10H,7-8H2,(H2,22,23,24,26,27,28). The van der Waals surface area contributed by atoms with E-state index in [1.807, 2.05) is 0 Å². The number of hydrogen-bond acceptors (Lipinski definition) is 8. The lowest BCUT2D eigenvalue weighted by molar-refractivity contribution is -0.141. The summed E-state index contributed by atoms with van der Waals surface area (Å²) in [5.74, 6) is -0.665. The van der Waals surface area contributed by atoms with Gasteiger partial charge >= 0.3 is 6.18 Å². The second-order valence-electron chi connectivity index (χ2n) is 6.08. The minimum absolute atomic E-state index is 0.00236. The van der Waals surface area contributed by atoms with Gasteiger partial charge in [-0.05, 0) is 18.2 Å².